The lowest BCUT2D eigenvalue weighted by Crippen LogP contribution is -2.40. The lowest BCUT2D eigenvalue weighted by Gasteiger charge is -2.23. The van der Waals surface area contributed by atoms with Crippen LogP contribution >= 0.6 is 0 Å². The Morgan fingerprint density at radius 1 is 1.50 bits per heavy atom. The number of hydrogen-bond donors (Lipinski definition) is 1. The SMILES string of the molecule is COc1ccc(CN2C(=O)OCC2C(C)O)cc1. The molecule has 2 atom stereocenters. The van der Waals surface area contributed by atoms with E-state index in [9.17, 15) is 9.90 Å². The Hall–Kier alpha value is -1.75. The number of nitrogens with zero attached hydrogens (tertiary/aromatic N) is 1. The van der Waals surface area contributed by atoms with Gasteiger partial charge in [0.25, 0.3) is 0 Å². The number of aliphatic hydroxyl groups excluding tert-OH is 1. The van der Waals surface area contributed by atoms with Gasteiger partial charge in [-0.05, 0) is 24.6 Å². The molecule has 2 unspecified atom stereocenters. The van der Waals surface area contributed by atoms with Gasteiger partial charge in [0.15, 0.2) is 0 Å². The second-order valence-electron chi connectivity index (χ2n) is 4.36. The number of aliphatic hydroxyl groups is 1. The van der Waals surface area contributed by atoms with Gasteiger partial charge in [0, 0.05) is 6.54 Å². The van der Waals surface area contributed by atoms with Crippen LogP contribution in [0.5, 0.6) is 5.75 Å². The lowest BCUT2D eigenvalue weighted by atomic mass is 10.1. The predicted molar refractivity (Wildman–Crippen MR) is 65.4 cm³/mol. The van der Waals surface area contributed by atoms with E-state index in [1.807, 2.05) is 24.3 Å². The van der Waals surface area contributed by atoms with E-state index in [4.69, 9.17) is 9.47 Å². The van der Waals surface area contributed by atoms with Gasteiger partial charge in [0.2, 0.25) is 0 Å². The highest BCUT2D eigenvalue weighted by Gasteiger charge is 2.35. The van der Waals surface area contributed by atoms with E-state index in [2.05, 4.69) is 0 Å². The van der Waals surface area contributed by atoms with Crippen LogP contribution in [-0.2, 0) is 11.3 Å². The van der Waals surface area contributed by atoms with Gasteiger partial charge >= 0.3 is 6.09 Å². The van der Waals surface area contributed by atoms with Gasteiger partial charge < -0.3 is 14.6 Å². The standard InChI is InChI=1S/C13H17NO4/c1-9(15)12-8-18-13(16)14(12)7-10-3-5-11(17-2)6-4-10/h3-6,9,12,15H,7-8H2,1-2H3. The largest absolute Gasteiger partial charge is 0.497 e. The Morgan fingerprint density at radius 2 is 2.17 bits per heavy atom. The predicted octanol–water partition coefficient (Wildman–Crippen LogP) is 1.40. The minimum Gasteiger partial charge on any atom is -0.497 e. The topological polar surface area (TPSA) is 59.0 Å². The van der Waals surface area contributed by atoms with Gasteiger partial charge in [-0.2, -0.15) is 0 Å². The summed E-state index contributed by atoms with van der Waals surface area (Å²) in [5.41, 5.74) is 0.973. The van der Waals surface area contributed by atoms with Crippen LogP contribution in [0, 0.1) is 0 Å². The van der Waals surface area contributed by atoms with Crippen molar-refractivity contribution in [3.8, 4) is 5.75 Å². The second kappa shape index (κ2) is 5.27. The Kier molecular flexibility index (Phi) is 3.72. The summed E-state index contributed by atoms with van der Waals surface area (Å²) in [7, 11) is 1.61. The van der Waals surface area contributed by atoms with Gasteiger partial charge in [0.05, 0.1) is 19.3 Å². The summed E-state index contributed by atoms with van der Waals surface area (Å²) in [5.74, 6) is 0.773. The molecule has 1 aromatic rings. The van der Waals surface area contributed by atoms with Crippen molar-refractivity contribution in [1.29, 1.82) is 0 Å². The summed E-state index contributed by atoms with van der Waals surface area (Å²) in [6.07, 6.45) is -0.980. The maximum atomic E-state index is 11.6. The number of benzene rings is 1. The number of ether oxygens (including phenoxy) is 2. The third-order valence-electron chi connectivity index (χ3n) is 3.08. The molecule has 0 saturated carbocycles. The van der Waals surface area contributed by atoms with Crippen LogP contribution in [0.15, 0.2) is 24.3 Å². The first-order valence-electron chi connectivity index (χ1n) is 5.86. The summed E-state index contributed by atoms with van der Waals surface area (Å²) in [5, 5.41) is 9.61. The van der Waals surface area contributed by atoms with Crippen LogP contribution in [0.4, 0.5) is 4.79 Å². The van der Waals surface area contributed by atoms with Crippen LogP contribution in [0.1, 0.15) is 12.5 Å². The smallest absolute Gasteiger partial charge is 0.410 e. The number of cyclic esters (lactones) is 1. The van der Waals surface area contributed by atoms with Crippen LogP contribution in [0.2, 0.25) is 0 Å². The molecule has 0 aromatic heterocycles. The van der Waals surface area contributed by atoms with Gasteiger partial charge in [0.1, 0.15) is 12.4 Å². The molecule has 1 amide bonds. The average Bonchev–Trinajstić information content (AvgIpc) is 2.72. The zero-order valence-electron chi connectivity index (χ0n) is 10.5. The highest BCUT2D eigenvalue weighted by atomic mass is 16.6. The quantitative estimate of drug-likeness (QED) is 0.878. The molecular formula is C13H17NO4. The molecule has 1 aliphatic rings. The first-order valence-corrected chi connectivity index (χ1v) is 5.86. The van der Waals surface area contributed by atoms with Crippen molar-refractivity contribution < 1.29 is 19.4 Å². The average molecular weight is 251 g/mol. The van der Waals surface area contributed by atoms with Crippen molar-refractivity contribution in [3.63, 3.8) is 0 Å². The van der Waals surface area contributed by atoms with E-state index < -0.39 is 6.10 Å². The molecule has 18 heavy (non-hydrogen) atoms. The molecule has 0 spiro atoms. The summed E-state index contributed by atoms with van der Waals surface area (Å²) >= 11 is 0. The number of methoxy groups -OCH3 is 1. The maximum absolute atomic E-state index is 11.6. The molecule has 1 aromatic carbocycles. The van der Waals surface area contributed by atoms with Gasteiger partial charge in [-0.15, -0.1) is 0 Å². The zero-order chi connectivity index (χ0) is 13.1. The van der Waals surface area contributed by atoms with Crippen molar-refractivity contribution in [1.82, 2.24) is 4.90 Å². The minimum atomic E-state index is -0.602. The molecular weight excluding hydrogens is 234 g/mol. The Bertz CT molecular complexity index is 416. The highest BCUT2D eigenvalue weighted by Crippen LogP contribution is 2.20. The van der Waals surface area contributed by atoms with E-state index in [-0.39, 0.29) is 18.7 Å². The summed E-state index contributed by atoms with van der Waals surface area (Å²) < 4.78 is 10.0. The first-order chi connectivity index (χ1) is 8.61. The van der Waals surface area contributed by atoms with Crippen LogP contribution in [0.3, 0.4) is 0 Å². The number of hydrogen-bond acceptors (Lipinski definition) is 4. The fraction of sp³-hybridized carbons (Fsp3) is 0.462. The number of carbonyl (C=O) groups excluding carboxylic acids is 1. The fourth-order valence-corrected chi connectivity index (χ4v) is 1.97. The third kappa shape index (κ3) is 2.56. The minimum absolute atomic E-state index is 0.243. The number of carbonyl (C=O) groups is 1. The molecule has 1 aliphatic heterocycles. The summed E-state index contributed by atoms with van der Waals surface area (Å²) in [6.45, 7) is 2.33. The van der Waals surface area contributed by atoms with Crippen LogP contribution in [0.25, 0.3) is 0 Å². The molecule has 0 aliphatic carbocycles. The van der Waals surface area contributed by atoms with Crippen molar-refractivity contribution in [2.24, 2.45) is 0 Å². The van der Waals surface area contributed by atoms with Crippen molar-refractivity contribution in [2.75, 3.05) is 13.7 Å². The van der Waals surface area contributed by atoms with Crippen molar-refractivity contribution in [3.05, 3.63) is 29.8 Å². The van der Waals surface area contributed by atoms with Gasteiger partial charge in [-0.25, -0.2) is 4.79 Å². The van der Waals surface area contributed by atoms with Crippen molar-refractivity contribution >= 4 is 6.09 Å². The third-order valence-corrected chi connectivity index (χ3v) is 3.08. The Labute approximate surface area is 106 Å². The monoisotopic (exact) mass is 251 g/mol. The molecule has 0 bridgehead atoms. The number of rotatable bonds is 4. The van der Waals surface area contributed by atoms with E-state index in [1.54, 1.807) is 18.9 Å². The second-order valence-corrected chi connectivity index (χ2v) is 4.36. The Morgan fingerprint density at radius 3 is 2.72 bits per heavy atom. The van der Waals surface area contributed by atoms with Gasteiger partial charge in [-0.3, -0.25) is 4.90 Å². The maximum Gasteiger partial charge on any atom is 0.410 e. The normalized spacial score (nSPS) is 20.7. The van der Waals surface area contributed by atoms with E-state index in [0.29, 0.717) is 6.54 Å². The van der Waals surface area contributed by atoms with E-state index >= 15 is 0 Å². The van der Waals surface area contributed by atoms with E-state index in [0.717, 1.165) is 11.3 Å². The van der Waals surface area contributed by atoms with Crippen molar-refractivity contribution in [2.45, 2.75) is 25.6 Å². The Balaban J connectivity index is 2.08. The first kappa shape index (κ1) is 12.7. The molecule has 2 rings (SSSR count). The van der Waals surface area contributed by atoms with Gasteiger partial charge in [-0.1, -0.05) is 12.1 Å². The summed E-state index contributed by atoms with van der Waals surface area (Å²) in [6, 6.07) is 7.19. The number of amides is 1. The zero-order valence-corrected chi connectivity index (χ0v) is 10.5. The lowest BCUT2D eigenvalue weighted by molar-refractivity contribution is 0.0977. The molecule has 0 radical (unpaired) electrons. The molecule has 1 heterocycles. The molecule has 98 valence electrons. The molecule has 5 heteroatoms. The molecule has 5 nitrogen and oxygen atoms in total. The highest BCUT2D eigenvalue weighted by molar-refractivity contribution is 5.70. The molecule has 1 saturated heterocycles. The van der Waals surface area contributed by atoms with Crippen LogP contribution in [-0.4, -0.2) is 42.0 Å². The van der Waals surface area contributed by atoms with E-state index in [1.165, 1.54) is 0 Å². The summed E-state index contributed by atoms with van der Waals surface area (Å²) in [4.78, 5) is 13.1. The molecule has 1 N–H and O–H groups in total. The fourth-order valence-electron chi connectivity index (χ4n) is 1.97. The molecule has 1 fully saturated rings. The van der Waals surface area contributed by atoms with Crippen LogP contribution < -0.4 is 4.74 Å².